The predicted molar refractivity (Wildman–Crippen MR) is 81.1 cm³/mol. The highest BCUT2D eigenvalue weighted by Crippen LogP contribution is 2.34. The molecule has 0 bridgehead atoms. The van der Waals surface area contributed by atoms with Crippen LogP contribution in [0, 0.1) is 5.92 Å². The first kappa shape index (κ1) is 15.0. The molecule has 1 aromatic rings. The van der Waals surface area contributed by atoms with E-state index in [0.717, 1.165) is 12.1 Å². The van der Waals surface area contributed by atoms with Gasteiger partial charge < -0.3 is 5.11 Å². The maximum atomic E-state index is 11.5. The Bertz CT molecular complexity index is 464. The van der Waals surface area contributed by atoms with Crippen LogP contribution in [0.4, 0.5) is 0 Å². The van der Waals surface area contributed by atoms with Crippen LogP contribution >= 0.6 is 0 Å². The lowest BCUT2D eigenvalue weighted by Gasteiger charge is -2.20. The van der Waals surface area contributed by atoms with Crippen molar-refractivity contribution < 1.29 is 9.90 Å². The standard InChI is InChI=1S/C17H25NO2/c1-11(2)13-5-7-14(8-6-13)15-9-18(12(3)4)10-16(15)17(19)20/h5-8,11-12,15-16H,9-10H2,1-4H3,(H,19,20). The molecule has 2 atom stereocenters. The first-order chi connectivity index (χ1) is 9.40. The Hall–Kier alpha value is -1.35. The largest absolute Gasteiger partial charge is 0.481 e. The van der Waals surface area contributed by atoms with E-state index in [4.69, 9.17) is 0 Å². The number of rotatable bonds is 4. The van der Waals surface area contributed by atoms with Gasteiger partial charge in [-0.3, -0.25) is 9.69 Å². The van der Waals surface area contributed by atoms with Gasteiger partial charge in [-0.1, -0.05) is 38.1 Å². The predicted octanol–water partition coefficient (Wildman–Crippen LogP) is 3.32. The van der Waals surface area contributed by atoms with Gasteiger partial charge in [0.2, 0.25) is 0 Å². The van der Waals surface area contributed by atoms with Crippen molar-refractivity contribution in [1.29, 1.82) is 0 Å². The molecular formula is C17H25NO2. The summed E-state index contributed by atoms with van der Waals surface area (Å²) in [5, 5.41) is 9.46. The minimum absolute atomic E-state index is 0.108. The fraction of sp³-hybridized carbons (Fsp3) is 0.588. The first-order valence-electron chi connectivity index (χ1n) is 7.47. The van der Waals surface area contributed by atoms with E-state index in [-0.39, 0.29) is 11.8 Å². The number of benzene rings is 1. The van der Waals surface area contributed by atoms with E-state index in [0.29, 0.717) is 18.5 Å². The number of carbonyl (C=O) groups is 1. The Morgan fingerprint density at radius 3 is 2.20 bits per heavy atom. The van der Waals surface area contributed by atoms with Gasteiger partial charge in [0.1, 0.15) is 0 Å². The van der Waals surface area contributed by atoms with Crippen molar-refractivity contribution in [2.45, 2.75) is 45.6 Å². The fourth-order valence-corrected chi connectivity index (χ4v) is 2.97. The number of carboxylic acid groups (broad SMARTS) is 1. The molecule has 20 heavy (non-hydrogen) atoms. The summed E-state index contributed by atoms with van der Waals surface area (Å²) in [6.07, 6.45) is 0. The van der Waals surface area contributed by atoms with Gasteiger partial charge in [-0.05, 0) is 30.9 Å². The van der Waals surface area contributed by atoms with E-state index in [2.05, 4.69) is 56.9 Å². The zero-order valence-corrected chi connectivity index (χ0v) is 12.8. The van der Waals surface area contributed by atoms with E-state index in [1.165, 1.54) is 5.56 Å². The highest BCUT2D eigenvalue weighted by Gasteiger charge is 2.39. The second-order valence-electron chi connectivity index (χ2n) is 6.42. The highest BCUT2D eigenvalue weighted by molar-refractivity contribution is 5.72. The maximum absolute atomic E-state index is 11.5. The second-order valence-corrected chi connectivity index (χ2v) is 6.42. The molecule has 3 heteroatoms. The minimum atomic E-state index is -0.675. The number of nitrogens with zero attached hydrogens (tertiary/aromatic N) is 1. The molecule has 0 saturated carbocycles. The molecule has 3 nitrogen and oxygen atoms in total. The van der Waals surface area contributed by atoms with Crippen molar-refractivity contribution in [3.63, 3.8) is 0 Å². The van der Waals surface area contributed by atoms with Crippen molar-refractivity contribution in [1.82, 2.24) is 4.90 Å². The Labute approximate surface area is 121 Å². The number of carboxylic acids is 1. The summed E-state index contributed by atoms with van der Waals surface area (Å²) in [5.74, 6) is -0.348. The molecule has 1 aromatic carbocycles. The van der Waals surface area contributed by atoms with Crippen LogP contribution in [-0.2, 0) is 4.79 Å². The van der Waals surface area contributed by atoms with Gasteiger partial charge in [-0.15, -0.1) is 0 Å². The average molecular weight is 275 g/mol. The number of aliphatic carboxylic acids is 1. The monoisotopic (exact) mass is 275 g/mol. The normalized spacial score (nSPS) is 23.7. The average Bonchev–Trinajstić information content (AvgIpc) is 2.84. The van der Waals surface area contributed by atoms with Gasteiger partial charge in [-0.2, -0.15) is 0 Å². The van der Waals surface area contributed by atoms with Crippen LogP contribution in [0.25, 0.3) is 0 Å². The van der Waals surface area contributed by atoms with Crippen LogP contribution in [0.3, 0.4) is 0 Å². The van der Waals surface area contributed by atoms with Crippen LogP contribution < -0.4 is 0 Å². The van der Waals surface area contributed by atoms with Crippen molar-refractivity contribution >= 4 is 5.97 Å². The van der Waals surface area contributed by atoms with Crippen LogP contribution in [0.15, 0.2) is 24.3 Å². The number of hydrogen-bond acceptors (Lipinski definition) is 2. The Morgan fingerprint density at radius 2 is 1.75 bits per heavy atom. The molecule has 1 saturated heterocycles. The molecule has 1 N–H and O–H groups in total. The molecule has 0 aromatic heterocycles. The summed E-state index contributed by atoms with van der Waals surface area (Å²) < 4.78 is 0. The van der Waals surface area contributed by atoms with Crippen molar-refractivity contribution in [3.05, 3.63) is 35.4 Å². The minimum Gasteiger partial charge on any atom is -0.481 e. The van der Waals surface area contributed by atoms with Gasteiger partial charge in [0.05, 0.1) is 5.92 Å². The van der Waals surface area contributed by atoms with E-state index in [9.17, 15) is 9.90 Å². The Kier molecular flexibility index (Phi) is 4.48. The van der Waals surface area contributed by atoms with Gasteiger partial charge in [0.15, 0.2) is 0 Å². The summed E-state index contributed by atoms with van der Waals surface area (Å²) in [4.78, 5) is 13.8. The number of hydrogen-bond donors (Lipinski definition) is 1. The van der Waals surface area contributed by atoms with Gasteiger partial charge in [0, 0.05) is 25.0 Å². The first-order valence-corrected chi connectivity index (χ1v) is 7.47. The molecule has 0 aliphatic carbocycles. The quantitative estimate of drug-likeness (QED) is 0.916. The topological polar surface area (TPSA) is 40.5 Å². The van der Waals surface area contributed by atoms with Crippen molar-refractivity contribution in [2.75, 3.05) is 13.1 Å². The van der Waals surface area contributed by atoms with E-state index < -0.39 is 5.97 Å². The van der Waals surface area contributed by atoms with E-state index in [1.54, 1.807) is 0 Å². The molecule has 0 radical (unpaired) electrons. The molecular weight excluding hydrogens is 250 g/mol. The third kappa shape index (κ3) is 3.04. The van der Waals surface area contributed by atoms with E-state index >= 15 is 0 Å². The maximum Gasteiger partial charge on any atom is 0.308 e. The van der Waals surface area contributed by atoms with Gasteiger partial charge in [0.25, 0.3) is 0 Å². The molecule has 1 aliphatic heterocycles. The fourth-order valence-electron chi connectivity index (χ4n) is 2.97. The lowest BCUT2D eigenvalue weighted by molar-refractivity contribution is -0.141. The third-order valence-corrected chi connectivity index (χ3v) is 4.43. The van der Waals surface area contributed by atoms with Crippen LogP contribution in [0.2, 0.25) is 0 Å². The molecule has 1 heterocycles. The third-order valence-electron chi connectivity index (χ3n) is 4.43. The summed E-state index contributed by atoms with van der Waals surface area (Å²) in [5.41, 5.74) is 2.46. The molecule has 2 unspecified atom stereocenters. The Balaban J connectivity index is 2.22. The zero-order valence-electron chi connectivity index (χ0n) is 12.8. The van der Waals surface area contributed by atoms with E-state index in [1.807, 2.05) is 0 Å². The summed E-state index contributed by atoms with van der Waals surface area (Å²) in [7, 11) is 0. The van der Waals surface area contributed by atoms with Crippen LogP contribution in [0.1, 0.15) is 50.7 Å². The summed E-state index contributed by atoms with van der Waals surface area (Å²) >= 11 is 0. The lowest BCUT2D eigenvalue weighted by Crippen LogP contribution is -2.29. The highest BCUT2D eigenvalue weighted by atomic mass is 16.4. The molecule has 1 fully saturated rings. The molecule has 2 rings (SSSR count). The summed E-state index contributed by atoms with van der Waals surface area (Å²) in [6.45, 7) is 10.1. The SMILES string of the molecule is CC(C)c1ccc(C2CN(C(C)C)CC2C(=O)O)cc1. The molecule has 0 spiro atoms. The lowest BCUT2D eigenvalue weighted by atomic mass is 9.88. The second kappa shape index (κ2) is 5.96. The van der Waals surface area contributed by atoms with Crippen molar-refractivity contribution in [2.24, 2.45) is 5.92 Å². The number of likely N-dealkylation sites (tertiary alicyclic amines) is 1. The van der Waals surface area contributed by atoms with Gasteiger partial charge >= 0.3 is 5.97 Å². The van der Waals surface area contributed by atoms with Crippen LogP contribution in [-0.4, -0.2) is 35.1 Å². The van der Waals surface area contributed by atoms with Crippen molar-refractivity contribution in [3.8, 4) is 0 Å². The smallest absolute Gasteiger partial charge is 0.308 e. The summed E-state index contributed by atoms with van der Waals surface area (Å²) in [6, 6.07) is 8.89. The Morgan fingerprint density at radius 1 is 1.15 bits per heavy atom. The molecule has 110 valence electrons. The molecule has 0 amide bonds. The van der Waals surface area contributed by atoms with Gasteiger partial charge in [-0.25, -0.2) is 0 Å². The molecule has 1 aliphatic rings. The zero-order chi connectivity index (χ0) is 14.9. The van der Waals surface area contributed by atoms with Crippen LogP contribution in [0.5, 0.6) is 0 Å².